The molecule has 2 aromatic carbocycles. The van der Waals surface area contributed by atoms with Gasteiger partial charge in [0.25, 0.3) is 0 Å². The van der Waals surface area contributed by atoms with E-state index in [0.717, 1.165) is 0 Å². The molecule has 28 heavy (non-hydrogen) atoms. The summed E-state index contributed by atoms with van der Waals surface area (Å²) in [5.41, 5.74) is 0.697. The maximum Gasteiger partial charge on any atom is 0.338 e. The van der Waals surface area contributed by atoms with Crippen molar-refractivity contribution in [2.75, 3.05) is 19.6 Å². The van der Waals surface area contributed by atoms with Crippen LogP contribution >= 0.6 is 34.8 Å². The van der Waals surface area contributed by atoms with Crippen LogP contribution in [-0.2, 0) is 14.2 Å². The van der Waals surface area contributed by atoms with Crippen molar-refractivity contribution in [1.82, 2.24) is 0 Å². The van der Waals surface area contributed by atoms with Gasteiger partial charge in [-0.15, -0.1) is 11.6 Å². The van der Waals surface area contributed by atoms with Gasteiger partial charge in [0.15, 0.2) is 0 Å². The van der Waals surface area contributed by atoms with E-state index in [1.165, 1.54) is 7.11 Å². The average Bonchev–Trinajstić information content (AvgIpc) is 2.69. The smallest absolute Gasteiger partial charge is 0.338 e. The van der Waals surface area contributed by atoms with Gasteiger partial charge in [0.05, 0.1) is 11.1 Å². The molecule has 0 N–H and O–H groups in total. The van der Waals surface area contributed by atoms with Gasteiger partial charge in [0.2, 0.25) is 0 Å². The monoisotopic (exact) mass is 444 g/mol. The van der Waals surface area contributed by atoms with Crippen LogP contribution in [0.3, 0.4) is 0 Å². The normalized spacial score (nSPS) is 12.9. The van der Waals surface area contributed by atoms with Crippen LogP contribution in [0.25, 0.3) is 0 Å². The number of methoxy groups -OCH3 is 1. The molecule has 0 aromatic heterocycles. The first-order valence-corrected chi connectivity index (χ1v) is 9.71. The van der Waals surface area contributed by atoms with Gasteiger partial charge in [-0.1, -0.05) is 23.2 Å². The van der Waals surface area contributed by atoms with Crippen molar-refractivity contribution in [3.05, 3.63) is 69.7 Å². The van der Waals surface area contributed by atoms with E-state index in [4.69, 9.17) is 49.0 Å². The molecule has 0 radical (unpaired) electrons. The Morgan fingerprint density at radius 2 is 1.36 bits per heavy atom. The number of carbonyl (C=O) groups excluding carboxylic acids is 2. The molecule has 2 rings (SSSR count). The first kappa shape index (κ1) is 22.5. The van der Waals surface area contributed by atoms with Crippen molar-refractivity contribution in [3.8, 4) is 0 Å². The van der Waals surface area contributed by atoms with E-state index in [1.807, 2.05) is 0 Å². The molecule has 0 aliphatic heterocycles. The van der Waals surface area contributed by atoms with Crippen LogP contribution in [0, 0.1) is 0 Å². The summed E-state index contributed by atoms with van der Waals surface area (Å²) in [5, 5.41) is 1.03. The highest BCUT2D eigenvalue weighted by atomic mass is 35.5. The minimum Gasteiger partial charge on any atom is -0.459 e. The summed E-state index contributed by atoms with van der Waals surface area (Å²) < 4.78 is 16.2. The van der Waals surface area contributed by atoms with E-state index >= 15 is 0 Å². The first-order chi connectivity index (χ1) is 13.4. The number of carbonyl (C=O) groups is 2. The lowest BCUT2D eigenvalue weighted by atomic mass is 10.1. The number of hydrogen-bond acceptors (Lipinski definition) is 5. The van der Waals surface area contributed by atoms with Crippen LogP contribution in [0.2, 0.25) is 10.0 Å². The third-order valence-electron chi connectivity index (χ3n) is 3.91. The maximum absolute atomic E-state index is 12.4. The molecule has 0 heterocycles. The van der Waals surface area contributed by atoms with Crippen LogP contribution in [0.15, 0.2) is 48.5 Å². The van der Waals surface area contributed by atoms with Gasteiger partial charge in [-0.25, -0.2) is 9.59 Å². The summed E-state index contributed by atoms with van der Waals surface area (Å²) in [5.74, 6) is -0.839. The van der Waals surface area contributed by atoms with Crippen LogP contribution < -0.4 is 0 Å². The molecule has 0 amide bonds. The highest BCUT2D eigenvalue weighted by Gasteiger charge is 2.27. The van der Waals surface area contributed by atoms with Crippen LogP contribution in [0.4, 0.5) is 0 Å². The lowest BCUT2D eigenvalue weighted by Gasteiger charge is -2.25. The molecule has 2 atom stereocenters. The van der Waals surface area contributed by atoms with Crippen molar-refractivity contribution in [2.24, 2.45) is 0 Å². The molecular weight excluding hydrogens is 427 g/mol. The Morgan fingerprint density at radius 1 is 0.857 bits per heavy atom. The quantitative estimate of drug-likeness (QED) is 0.401. The van der Waals surface area contributed by atoms with Crippen LogP contribution in [0.5, 0.6) is 0 Å². The van der Waals surface area contributed by atoms with Crippen molar-refractivity contribution in [3.63, 3.8) is 0 Å². The summed E-state index contributed by atoms with van der Waals surface area (Å²) in [7, 11) is 1.44. The maximum atomic E-state index is 12.4. The van der Waals surface area contributed by atoms with E-state index in [0.29, 0.717) is 27.6 Å². The van der Waals surface area contributed by atoms with Gasteiger partial charge in [0.1, 0.15) is 18.8 Å². The third kappa shape index (κ3) is 6.67. The van der Waals surface area contributed by atoms with Crippen molar-refractivity contribution >= 4 is 46.7 Å². The summed E-state index contributed by atoms with van der Waals surface area (Å²) >= 11 is 17.5. The number of esters is 2. The number of hydrogen-bond donors (Lipinski definition) is 0. The predicted octanol–water partition coefficient (Wildman–Crippen LogP) is 5.02. The minimum atomic E-state index is -0.691. The summed E-state index contributed by atoms with van der Waals surface area (Å²) in [6, 6.07) is 12.6. The molecule has 0 aliphatic rings. The highest BCUT2D eigenvalue weighted by Crippen LogP contribution is 2.16. The lowest BCUT2D eigenvalue weighted by Crippen LogP contribution is -2.37. The van der Waals surface area contributed by atoms with E-state index < -0.39 is 24.1 Å². The van der Waals surface area contributed by atoms with Gasteiger partial charge >= 0.3 is 11.9 Å². The molecule has 5 nitrogen and oxygen atoms in total. The zero-order chi connectivity index (χ0) is 20.5. The van der Waals surface area contributed by atoms with Gasteiger partial charge < -0.3 is 14.2 Å². The summed E-state index contributed by atoms with van der Waals surface area (Å²) in [4.78, 5) is 24.5. The molecule has 8 heteroatoms. The molecule has 2 unspecified atom stereocenters. The second-order valence-corrected chi connectivity index (χ2v) is 7.06. The van der Waals surface area contributed by atoms with E-state index in [1.54, 1.807) is 48.5 Å². The van der Waals surface area contributed by atoms with Crippen molar-refractivity contribution < 1.29 is 23.8 Å². The molecule has 0 aliphatic carbocycles. The molecule has 0 bridgehead atoms. The van der Waals surface area contributed by atoms with E-state index in [9.17, 15) is 9.59 Å². The largest absolute Gasteiger partial charge is 0.459 e. The van der Waals surface area contributed by atoms with E-state index in [-0.39, 0.29) is 12.5 Å². The number of halogens is 3. The number of benzene rings is 2. The topological polar surface area (TPSA) is 61.8 Å². The van der Waals surface area contributed by atoms with Crippen LogP contribution in [-0.4, -0.2) is 43.7 Å². The summed E-state index contributed by atoms with van der Waals surface area (Å²) in [6.07, 6.45) is -1.03. The second-order valence-electron chi connectivity index (χ2n) is 5.81. The number of ether oxygens (including phenoxy) is 3. The van der Waals surface area contributed by atoms with Gasteiger partial charge in [-0.2, -0.15) is 0 Å². The molecule has 150 valence electrons. The fourth-order valence-corrected chi connectivity index (χ4v) is 2.84. The predicted molar refractivity (Wildman–Crippen MR) is 109 cm³/mol. The zero-order valence-electron chi connectivity index (χ0n) is 15.1. The average molecular weight is 446 g/mol. The Hall–Kier alpha value is -1.79. The minimum absolute atomic E-state index is 0.104. The Morgan fingerprint density at radius 3 is 1.82 bits per heavy atom. The molecule has 0 fully saturated rings. The van der Waals surface area contributed by atoms with Crippen molar-refractivity contribution in [1.29, 1.82) is 0 Å². The molecule has 0 saturated carbocycles. The highest BCUT2D eigenvalue weighted by molar-refractivity contribution is 6.31. The molecule has 2 aromatic rings. The van der Waals surface area contributed by atoms with Gasteiger partial charge in [-0.05, 0) is 48.5 Å². The molecular formula is C20H19Cl3O5. The SMILES string of the molecule is COC(COC(=O)c1ccc(Cl)cc1)C(CCCl)OC(=O)c1ccc(Cl)cc1. The third-order valence-corrected chi connectivity index (χ3v) is 4.63. The van der Waals surface area contributed by atoms with E-state index in [2.05, 4.69) is 0 Å². The van der Waals surface area contributed by atoms with Crippen LogP contribution in [0.1, 0.15) is 27.1 Å². The number of rotatable bonds is 9. The Kier molecular flexibility index (Phi) is 9.06. The Bertz CT molecular complexity index is 777. The Balaban J connectivity index is 2.00. The van der Waals surface area contributed by atoms with Gasteiger partial charge in [-0.3, -0.25) is 0 Å². The molecule has 0 spiro atoms. The zero-order valence-corrected chi connectivity index (χ0v) is 17.3. The fraction of sp³-hybridized carbons (Fsp3) is 0.300. The standard InChI is InChI=1S/C20H19Cl3O5/c1-26-18(12-27-19(24)13-2-6-15(22)7-3-13)17(10-11-21)28-20(25)14-4-8-16(23)9-5-14/h2-9,17-18H,10-12H2,1H3. The van der Waals surface area contributed by atoms with Crippen molar-refractivity contribution in [2.45, 2.75) is 18.6 Å². The Labute approximate surface area is 178 Å². The second kappa shape index (κ2) is 11.3. The molecule has 0 saturated heterocycles. The fourth-order valence-electron chi connectivity index (χ4n) is 2.37. The number of alkyl halides is 1. The van der Waals surface area contributed by atoms with Gasteiger partial charge in [0, 0.05) is 29.5 Å². The summed E-state index contributed by atoms with van der Waals surface area (Å²) in [6.45, 7) is -0.104. The lowest BCUT2D eigenvalue weighted by molar-refractivity contribution is -0.0617. The first-order valence-electron chi connectivity index (χ1n) is 8.42.